The van der Waals surface area contributed by atoms with Crippen molar-refractivity contribution < 1.29 is 13.7 Å². The highest BCUT2D eigenvalue weighted by molar-refractivity contribution is 5.73. The number of hydrogen-bond donors (Lipinski definition) is 1. The number of aryl methyl sites for hydroxylation is 1. The Morgan fingerprint density at radius 2 is 2.16 bits per heavy atom. The van der Waals surface area contributed by atoms with E-state index in [1.54, 1.807) is 26.1 Å². The van der Waals surface area contributed by atoms with Crippen LogP contribution in [-0.4, -0.2) is 28.1 Å². The van der Waals surface area contributed by atoms with E-state index < -0.39 is 0 Å². The summed E-state index contributed by atoms with van der Waals surface area (Å²) in [7, 11) is 1.66. The summed E-state index contributed by atoms with van der Waals surface area (Å²) in [6.45, 7) is 2.24. The molecule has 2 amide bonds. The summed E-state index contributed by atoms with van der Waals surface area (Å²) in [5, 5.41) is 6.73. The zero-order chi connectivity index (χ0) is 17.8. The minimum atomic E-state index is -0.272. The molecule has 0 radical (unpaired) electrons. The lowest BCUT2D eigenvalue weighted by molar-refractivity contribution is 0.204. The highest BCUT2D eigenvalue weighted by atomic mass is 19.1. The second-order valence-electron chi connectivity index (χ2n) is 6.63. The van der Waals surface area contributed by atoms with Gasteiger partial charge >= 0.3 is 6.03 Å². The molecule has 0 spiro atoms. The molecule has 0 saturated heterocycles. The molecule has 1 saturated carbocycles. The van der Waals surface area contributed by atoms with Gasteiger partial charge in [0.1, 0.15) is 5.82 Å². The van der Waals surface area contributed by atoms with Crippen LogP contribution in [0.2, 0.25) is 0 Å². The first kappa shape index (κ1) is 17.4. The molecule has 6 nitrogen and oxygen atoms in total. The Morgan fingerprint density at radius 3 is 2.88 bits per heavy atom. The largest absolute Gasteiger partial charge is 0.339 e. The van der Waals surface area contributed by atoms with Gasteiger partial charge in [-0.3, -0.25) is 0 Å². The van der Waals surface area contributed by atoms with Gasteiger partial charge in [-0.25, -0.2) is 9.18 Å². The monoisotopic (exact) mass is 346 g/mol. The first-order chi connectivity index (χ1) is 12.0. The number of aromatic nitrogens is 2. The lowest BCUT2D eigenvalue weighted by Gasteiger charge is -2.16. The fraction of sp³-hybridized carbons (Fsp3) is 0.500. The van der Waals surface area contributed by atoms with E-state index in [0.717, 1.165) is 12.8 Å². The van der Waals surface area contributed by atoms with Gasteiger partial charge in [-0.1, -0.05) is 30.1 Å². The molecule has 1 N–H and O–H groups in total. The summed E-state index contributed by atoms with van der Waals surface area (Å²) in [6, 6.07) is 4.66. The minimum absolute atomic E-state index is 0.264. The van der Waals surface area contributed by atoms with Crippen molar-refractivity contribution in [2.24, 2.45) is 0 Å². The average molecular weight is 346 g/mol. The van der Waals surface area contributed by atoms with E-state index in [4.69, 9.17) is 4.52 Å². The Labute approximate surface area is 146 Å². The lowest BCUT2D eigenvalue weighted by atomic mass is 10.1. The van der Waals surface area contributed by atoms with E-state index in [1.165, 1.54) is 23.8 Å². The summed E-state index contributed by atoms with van der Waals surface area (Å²) < 4.78 is 18.9. The van der Waals surface area contributed by atoms with Gasteiger partial charge in [0.2, 0.25) is 5.89 Å². The van der Waals surface area contributed by atoms with Crippen LogP contribution in [0.25, 0.3) is 0 Å². The number of rotatable bonds is 5. The molecule has 3 rings (SSSR count). The summed E-state index contributed by atoms with van der Waals surface area (Å²) in [5.74, 6) is 1.26. The number of nitrogens with one attached hydrogen (secondary N) is 1. The van der Waals surface area contributed by atoms with Crippen LogP contribution in [-0.2, 0) is 13.1 Å². The van der Waals surface area contributed by atoms with Crippen LogP contribution >= 0.6 is 0 Å². The fourth-order valence-corrected chi connectivity index (χ4v) is 3.01. The highest BCUT2D eigenvalue weighted by Gasteiger charge is 2.23. The maximum Gasteiger partial charge on any atom is 0.317 e. The normalized spacial score (nSPS) is 14.7. The molecule has 1 aromatic carbocycles. The van der Waals surface area contributed by atoms with Crippen molar-refractivity contribution in [1.29, 1.82) is 0 Å². The van der Waals surface area contributed by atoms with E-state index in [9.17, 15) is 9.18 Å². The van der Waals surface area contributed by atoms with Gasteiger partial charge in [0, 0.05) is 19.5 Å². The van der Waals surface area contributed by atoms with E-state index in [-0.39, 0.29) is 24.9 Å². The molecular weight excluding hydrogens is 323 g/mol. The molecule has 7 heteroatoms. The smallest absolute Gasteiger partial charge is 0.317 e. The third-order valence-electron chi connectivity index (χ3n) is 4.59. The third-order valence-corrected chi connectivity index (χ3v) is 4.59. The molecule has 1 aromatic heterocycles. The Morgan fingerprint density at radius 1 is 1.40 bits per heavy atom. The summed E-state index contributed by atoms with van der Waals surface area (Å²) in [6.07, 6.45) is 4.57. The van der Waals surface area contributed by atoms with Gasteiger partial charge in [-0.05, 0) is 37.0 Å². The number of urea groups is 1. The second-order valence-corrected chi connectivity index (χ2v) is 6.63. The van der Waals surface area contributed by atoms with Crippen molar-refractivity contribution in [1.82, 2.24) is 20.4 Å². The van der Waals surface area contributed by atoms with Gasteiger partial charge < -0.3 is 14.7 Å². The zero-order valence-corrected chi connectivity index (χ0v) is 14.6. The molecule has 25 heavy (non-hydrogen) atoms. The van der Waals surface area contributed by atoms with Crippen LogP contribution in [0, 0.1) is 12.7 Å². The maximum atomic E-state index is 13.5. The number of hydrogen-bond acceptors (Lipinski definition) is 4. The maximum absolute atomic E-state index is 13.5. The van der Waals surface area contributed by atoms with Gasteiger partial charge in [-0.2, -0.15) is 4.98 Å². The molecule has 134 valence electrons. The van der Waals surface area contributed by atoms with Crippen molar-refractivity contribution in [2.75, 3.05) is 7.05 Å². The van der Waals surface area contributed by atoms with Gasteiger partial charge in [0.15, 0.2) is 5.82 Å². The van der Waals surface area contributed by atoms with Crippen LogP contribution in [0.15, 0.2) is 22.7 Å². The first-order valence-electron chi connectivity index (χ1n) is 8.59. The van der Waals surface area contributed by atoms with Crippen LogP contribution < -0.4 is 5.32 Å². The zero-order valence-electron chi connectivity index (χ0n) is 14.6. The average Bonchev–Trinajstić information content (AvgIpc) is 3.26. The van der Waals surface area contributed by atoms with Gasteiger partial charge in [-0.15, -0.1) is 0 Å². The molecule has 0 unspecified atom stereocenters. The number of carbonyl (C=O) groups excluding carboxylic acids is 1. The highest BCUT2D eigenvalue weighted by Crippen LogP contribution is 2.32. The third kappa shape index (κ3) is 4.35. The molecule has 0 atom stereocenters. The Bertz CT molecular complexity index is 740. The van der Waals surface area contributed by atoms with Gasteiger partial charge in [0.25, 0.3) is 0 Å². The molecule has 1 fully saturated rings. The Kier molecular flexibility index (Phi) is 5.31. The molecule has 1 aliphatic rings. The number of benzene rings is 1. The van der Waals surface area contributed by atoms with Gasteiger partial charge in [0.05, 0.1) is 6.54 Å². The quantitative estimate of drug-likeness (QED) is 0.899. The summed E-state index contributed by atoms with van der Waals surface area (Å²) in [5.41, 5.74) is 1.30. The van der Waals surface area contributed by atoms with Crippen LogP contribution in [0.3, 0.4) is 0 Å². The number of halogens is 1. The molecule has 1 heterocycles. The van der Waals surface area contributed by atoms with Crippen molar-refractivity contribution in [3.05, 3.63) is 46.9 Å². The first-order valence-corrected chi connectivity index (χ1v) is 8.59. The van der Waals surface area contributed by atoms with E-state index >= 15 is 0 Å². The SMILES string of the molecule is Cc1ccc(CNC(=O)N(C)Cc2noc(C3CCCC3)n2)cc1F. The predicted molar refractivity (Wildman–Crippen MR) is 90.3 cm³/mol. The van der Waals surface area contributed by atoms with Crippen molar-refractivity contribution >= 4 is 6.03 Å². The molecular formula is C18H23FN4O2. The molecule has 0 aliphatic heterocycles. The van der Waals surface area contributed by atoms with Crippen molar-refractivity contribution in [3.63, 3.8) is 0 Å². The predicted octanol–water partition coefficient (Wildman–Crippen LogP) is 3.52. The Hall–Kier alpha value is -2.44. The van der Waals surface area contributed by atoms with Crippen LogP contribution in [0.4, 0.5) is 9.18 Å². The van der Waals surface area contributed by atoms with Crippen molar-refractivity contribution in [2.45, 2.75) is 51.6 Å². The number of nitrogens with zero attached hydrogens (tertiary/aromatic N) is 3. The molecule has 0 bridgehead atoms. The van der Waals surface area contributed by atoms with E-state index in [0.29, 0.717) is 28.8 Å². The summed E-state index contributed by atoms with van der Waals surface area (Å²) in [4.78, 5) is 18.1. The number of amides is 2. The second kappa shape index (κ2) is 7.63. The van der Waals surface area contributed by atoms with E-state index in [2.05, 4.69) is 15.5 Å². The Balaban J connectivity index is 1.51. The van der Waals surface area contributed by atoms with E-state index in [1.807, 2.05) is 0 Å². The minimum Gasteiger partial charge on any atom is -0.339 e. The fourth-order valence-electron chi connectivity index (χ4n) is 3.01. The van der Waals surface area contributed by atoms with Crippen molar-refractivity contribution in [3.8, 4) is 0 Å². The topological polar surface area (TPSA) is 71.3 Å². The molecule has 2 aromatic rings. The number of carbonyl (C=O) groups is 1. The summed E-state index contributed by atoms with van der Waals surface area (Å²) >= 11 is 0. The van der Waals surface area contributed by atoms with Crippen LogP contribution in [0.1, 0.15) is 54.4 Å². The van der Waals surface area contributed by atoms with Crippen LogP contribution in [0.5, 0.6) is 0 Å². The standard InChI is InChI=1S/C18H23FN4O2/c1-12-7-8-13(9-15(12)19)10-20-18(24)23(2)11-16-21-17(25-22-16)14-5-3-4-6-14/h7-9,14H,3-6,10-11H2,1-2H3,(H,20,24). The lowest BCUT2D eigenvalue weighted by Crippen LogP contribution is -2.36. The molecule has 1 aliphatic carbocycles.